The lowest BCUT2D eigenvalue weighted by atomic mass is 9.94. The lowest BCUT2D eigenvalue weighted by molar-refractivity contribution is 0.390. The van der Waals surface area contributed by atoms with Gasteiger partial charge in [0.2, 0.25) is 0 Å². The fourth-order valence-electron chi connectivity index (χ4n) is 2.01. The summed E-state index contributed by atoms with van der Waals surface area (Å²) in [6, 6.07) is 8.35. The first-order valence-electron chi connectivity index (χ1n) is 6.21. The molecule has 1 aromatic carbocycles. The van der Waals surface area contributed by atoms with E-state index in [0.29, 0.717) is 17.9 Å². The minimum Gasteiger partial charge on any atom is -0.497 e. The highest BCUT2D eigenvalue weighted by Gasteiger charge is 2.14. The maximum absolute atomic E-state index is 5.19. The van der Waals surface area contributed by atoms with E-state index in [4.69, 9.17) is 4.74 Å². The highest BCUT2D eigenvalue weighted by atomic mass is 16.5. The zero-order valence-corrected chi connectivity index (χ0v) is 11.5. The summed E-state index contributed by atoms with van der Waals surface area (Å²) in [7, 11) is 1.68. The molecule has 0 unspecified atom stereocenters. The van der Waals surface area contributed by atoms with Crippen LogP contribution in [0.15, 0.2) is 29.3 Å². The average molecular weight is 233 g/mol. The Morgan fingerprint density at radius 3 is 2.29 bits per heavy atom. The molecule has 0 saturated heterocycles. The second kappa shape index (κ2) is 6.43. The predicted octanol–water partition coefficient (Wildman–Crippen LogP) is 3.79. The molecule has 0 aromatic heterocycles. The molecule has 17 heavy (non-hydrogen) atoms. The van der Waals surface area contributed by atoms with Crippen LogP contribution in [0, 0.1) is 11.8 Å². The molecule has 0 N–H and O–H groups in total. The molecular formula is C15H23NO. The fourth-order valence-corrected chi connectivity index (χ4v) is 2.01. The maximum atomic E-state index is 5.19. The SMILES string of the molecule is COc1cccc(C=NC(C(C)C)C(C)C)c1. The normalized spacial score (nSPS) is 12.0. The van der Waals surface area contributed by atoms with Crippen molar-refractivity contribution in [3.63, 3.8) is 0 Å². The van der Waals surface area contributed by atoms with Crippen LogP contribution in [-0.4, -0.2) is 19.4 Å². The molecule has 0 spiro atoms. The lowest BCUT2D eigenvalue weighted by Gasteiger charge is -2.20. The molecule has 0 radical (unpaired) electrons. The average Bonchev–Trinajstić information content (AvgIpc) is 2.28. The standard InChI is InChI=1S/C15H23NO/c1-11(2)15(12(3)4)16-10-13-7-6-8-14(9-13)17-5/h6-12,15H,1-5H3. The number of ether oxygens (including phenoxy) is 1. The zero-order valence-electron chi connectivity index (χ0n) is 11.5. The Kier molecular flexibility index (Phi) is 5.20. The van der Waals surface area contributed by atoms with Gasteiger partial charge in [-0.05, 0) is 29.5 Å². The largest absolute Gasteiger partial charge is 0.497 e. The summed E-state index contributed by atoms with van der Waals surface area (Å²) < 4.78 is 5.19. The van der Waals surface area contributed by atoms with Crippen LogP contribution in [0.4, 0.5) is 0 Å². The molecule has 1 aromatic rings. The Morgan fingerprint density at radius 1 is 1.12 bits per heavy atom. The van der Waals surface area contributed by atoms with E-state index < -0.39 is 0 Å². The van der Waals surface area contributed by atoms with Gasteiger partial charge in [-0.2, -0.15) is 0 Å². The molecular weight excluding hydrogens is 210 g/mol. The fraction of sp³-hybridized carbons (Fsp3) is 0.533. The molecule has 0 fully saturated rings. The van der Waals surface area contributed by atoms with Gasteiger partial charge >= 0.3 is 0 Å². The molecule has 0 atom stereocenters. The minimum absolute atomic E-state index is 0.376. The third-order valence-electron chi connectivity index (χ3n) is 2.86. The second-order valence-corrected chi connectivity index (χ2v) is 5.03. The molecule has 2 heteroatoms. The molecule has 2 nitrogen and oxygen atoms in total. The van der Waals surface area contributed by atoms with Gasteiger partial charge in [0.25, 0.3) is 0 Å². The first-order chi connectivity index (χ1) is 8.04. The first kappa shape index (κ1) is 13.8. The van der Waals surface area contributed by atoms with Gasteiger partial charge in [0.15, 0.2) is 0 Å². The Hall–Kier alpha value is -1.31. The van der Waals surface area contributed by atoms with E-state index in [1.807, 2.05) is 30.5 Å². The molecule has 0 bridgehead atoms. The number of rotatable bonds is 5. The molecule has 0 amide bonds. The Morgan fingerprint density at radius 2 is 1.76 bits per heavy atom. The zero-order chi connectivity index (χ0) is 12.8. The van der Waals surface area contributed by atoms with Crippen molar-refractivity contribution in [1.29, 1.82) is 0 Å². The second-order valence-electron chi connectivity index (χ2n) is 5.03. The van der Waals surface area contributed by atoms with E-state index in [1.165, 1.54) is 0 Å². The quantitative estimate of drug-likeness (QED) is 0.709. The van der Waals surface area contributed by atoms with Crippen LogP contribution in [0.1, 0.15) is 33.3 Å². The molecule has 1 rings (SSSR count). The summed E-state index contributed by atoms with van der Waals surface area (Å²) in [4.78, 5) is 4.69. The molecule has 0 aliphatic heterocycles. The van der Waals surface area contributed by atoms with Crippen LogP contribution in [0.25, 0.3) is 0 Å². The van der Waals surface area contributed by atoms with Crippen LogP contribution in [0.2, 0.25) is 0 Å². The molecule has 0 heterocycles. The van der Waals surface area contributed by atoms with Gasteiger partial charge in [-0.1, -0.05) is 39.8 Å². The topological polar surface area (TPSA) is 21.6 Å². The summed E-state index contributed by atoms with van der Waals surface area (Å²) >= 11 is 0. The molecule has 0 aliphatic rings. The first-order valence-corrected chi connectivity index (χ1v) is 6.21. The van der Waals surface area contributed by atoms with E-state index in [9.17, 15) is 0 Å². The van der Waals surface area contributed by atoms with Gasteiger partial charge in [0.05, 0.1) is 13.2 Å². The van der Waals surface area contributed by atoms with Gasteiger partial charge in [0, 0.05) is 6.21 Å². The Bertz CT molecular complexity index is 361. The van der Waals surface area contributed by atoms with E-state index in [0.717, 1.165) is 11.3 Å². The van der Waals surface area contributed by atoms with Crippen LogP contribution < -0.4 is 4.74 Å². The van der Waals surface area contributed by atoms with Crippen LogP contribution in [0.3, 0.4) is 0 Å². The van der Waals surface area contributed by atoms with Crippen LogP contribution in [-0.2, 0) is 0 Å². The highest BCUT2D eigenvalue weighted by Crippen LogP contribution is 2.17. The van der Waals surface area contributed by atoms with Gasteiger partial charge < -0.3 is 4.74 Å². The van der Waals surface area contributed by atoms with E-state index in [2.05, 4.69) is 32.7 Å². The number of benzene rings is 1. The van der Waals surface area contributed by atoms with E-state index in [1.54, 1.807) is 7.11 Å². The summed E-state index contributed by atoms with van der Waals surface area (Å²) in [5.74, 6) is 2.01. The van der Waals surface area contributed by atoms with Crippen molar-refractivity contribution in [1.82, 2.24) is 0 Å². The molecule has 94 valence electrons. The summed E-state index contributed by atoms with van der Waals surface area (Å²) in [6.07, 6.45) is 1.95. The van der Waals surface area contributed by atoms with Crippen molar-refractivity contribution in [2.45, 2.75) is 33.7 Å². The van der Waals surface area contributed by atoms with E-state index >= 15 is 0 Å². The lowest BCUT2D eigenvalue weighted by Crippen LogP contribution is -2.20. The van der Waals surface area contributed by atoms with Gasteiger partial charge in [-0.25, -0.2) is 0 Å². The van der Waals surface area contributed by atoms with Crippen molar-refractivity contribution in [3.8, 4) is 5.75 Å². The Balaban J connectivity index is 2.80. The summed E-state index contributed by atoms with van der Waals surface area (Å²) in [6.45, 7) is 8.86. The van der Waals surface area contributed by atoms with Gasteiger partial charge in [0.1, 0.15) is 5.75 Å². The smallest absolute Gasteiger partial charge is 0.119 e. The molecule has 0 aliphatic carbocycles. The minimum atomic E-state index is 0.376. The van der Waals surface area contributed by atoms with Crippen molar-refractivity contribution in [2.24, 2.45) is 16.8 Å². The summed E-state index contributed by atoms with van der Waals surface area (Å²) in [5.41, 5.74) is 1.09. The van der Waals surface area contributed by atoms with Crippen LogP contribution >= 0.6 is 0 Å². The number of hydrogen-bond donors (Lipinski definition) is 0. The van der Waals surface area contributed by atoms with Crippen molar-refractivity contribution < 1.29 is 4.74 Å². The number of aliphatic imine (C=N–C) groups is 1. The third kappa shape index (κ3) is 4.22. The van der Waals surface area contributed by atoms with Crippen molar-refractivity contribution in [3.05, 3.63) is 29.8 Å². The van der Waals surface area contributed by atoms with Crippen LogP contribution in [0.5, 0.6) is 5.75 Å². The van der Waals surface area contributed by atoms with Gasteiger partial charge in [-0.15, -0.1) is 0 Å². The van der Waals surface area contributed by atoms with E-state index in [-0.39, 0.29) is 0 Å². The Labute approximate surface area is 105 Å². The van der Waals surface area contributed by atoms with Crippen molar-refractivity contribution in [2.75, 3.05) is 7.11 Å². The molecule has 0 saturated carbocycles. The monoisotopic (exact) mass is 233 g/mol. The third-order valence-corrected chi connectivity index (χ3v) is 2.86. The number of methoxy groups -OCH3 is 1. The van der Waals surface area contributed by atoms with Crippen molar-refractivity contribution >= 4 is 6.21 Å². The maximum Gasteiger partial charge on any atom is 0.119 e. The highest BCUT2D eigenvalue weighted by molar-refractivity contribution is 5.80. The number of nitrogens with zero attached hydrogens (tertiary/aromatic N) is 1. The predicted molar refractivity (Wildman–Crippen MR) is 74.1 cm³/mol. The number of hydrogen-bond acceptors (Lipinski definition) is 2. The van der Waals surface area contributed by atoms with Gasteiger partial charge in [-0.3, -0.25) is 4.99 Å². The summed E-state index contributed by atoms with van der Waals surface area (Å²) in [5, 5.41) is 0.